The first kappa shape index (κ1) is 13.9. The molecule has 1 aromatic rings. The maximum atomic E-state index is 5.95. The van der Waals surface area contributed by atoms with Crippen molar-refractivity contribution < 1.29 is 0 Å². The molecule has 1 aliphatic carbocycles. The monoisotopic (exact) mass is 265 g/mol. The molecule has 18 heavy (non-hydrogen) atoms. The van der Waals surface area contributed by atoms with Crippen LogP contribution in [0.25, 0.3) is 0 Å². The lowest BCUT2D eigenvalue weighted by molar-refractivity contribution is 0.259. The zero-order chi connectivity index (χ0) is 13.2. The van der Waals surface area contributed by atoms with Crippen molar-refractivity contribution >= 4 is 11.6 Å². The lowest BCUT2D eigenvalue weighted by atomic mass is 9.86. The van der Waals surface area contributed by atoms with Gasteiger partial charge in [0, 0.05) is 17.1 Å². The molecule has 0 saturated heterocycles. The molecule has 1 aromatic carbocycles. The van der Waals surface area contributed by atoms with Gasteiger partial charge in [0.25, 0.3) is 0 Å². The maximum Gasteiger partial charge on any atom is 0.0406 e. The van der Waals surface area contributed by atoms with Crippen LogP contribution in [-0.4, -0.2) is 6.04 Å². The minimum atomic E-state index is 0.430. The van der Waals surface area contributed by atoms with E-state index in [1.165, 1.54) is 24.8 Å². The predicted molar refractivity (Wildman–Crippen MR) is 79.0 cm³/mol. The highest BCUT2D eigenvalue weighted by Gasteiger charge is 2.35. The Morgan fingerprint density at radius 3 is 2.50 bits per heavy atom. The molecule has 0 bridgehead atoms. The van der Waals surface area contributed by atoms with E-state index in [2.05, 4.69) is 38.2 Å². The highest BCUT2D eigenvalue weighted by atomic mass is 35.5. The van der Waals surface area contributed by atoms with Crippen LogP contribution in [0.15, 0.2) is 24.3 Å². The summed E-state index contributed by atoms with van der Waals surface area (Å²) >= 11 is 5.95. The van der Waals surface area contributed by atoms with Crippen LogP contribution in [0.4, 0.5) is 0 Å². The number of hydrogen-bond acceptors (Lipinski definition) is 1. The zero-order valence-electron chi connectivity index (χ0n) is 11.7. The largest absolute Gasteiger partial charge is 0.307 e. The van der Waals surface area contributed by atoms with Gasteiger partial charge in [0.2, 0.25) is 0 Å². The number of rotatable bonds is 4. The van der Waals surface area contributed by atoms with E-state index in [0.717, 1.165) is 11.4 Å². The second kappa shape index (κ2) is 5.63. The molecule has 0 radical (unpaired) electrons. The van der Waals surface area contributed by atoms with E-state index >= 15 is 0 Å². The Morgan fingerprint density at radius 2 is 2.00 bits per heavy atom. The molecule has 0 amide bonds. The molecule has 100 valence electrons. The summed E-state index contributed by atoms with van der Waals surface area (Å²) in [5.41, 5.74) is 1.78. The molecule has 0 aromatic heterocycles. The fourth-order valence-electron chi connectivity index (χ4n) is 3.02. The fourth-order valence-corrected chi connectivity index (χ4v) is 3.15. The summed E-state index contributed by atoms with van der Waals surface area (Å²) in [5, 5.41) is 4.66. The topological polar surface area (TPSA) is 12.0 Å². The van der Waals surface area contributed by atoms with Crippen molar-refractivity contribution in [3.8, 4) is 0 Å². The SMILES string of the molecule is CCC(NC1CCCC1(C)C)c1ccc(Cl)cc1. The molecular weight excluding hydrogens is 242 g/mol. The van der Waals surface area contributed by atoms with Gasteiger partial charge in [-0.2, -0.15) is 0 Å². The van der Waals surface area contributed by atoms with Crippen molar-refractivity contribution in [3.05, 3.63) is 34.9 Å². The van der Waals surface area contributed by atoms with E-state index < -0.39 is 0 Å². The smallest absolute Gasteiger partial charge is 0.0406 e. The van der Waals surface area contributed by atoms with Gasteiger partial charge >= 0.3 is 0 Å². The van der Waals surface area contributed by atoms with Crippen molar-refractivity contribution in [1.29, 1.82) is 0 Å². The molecule has 2 unspecified atom stereocenters. The van der Waals surface area contributed by atoms with E-state index in [9.17, 15) is 0 Å². The van der Waals surface area contributed by atoms with Crippen LogP contribution in [0.3, 0.4) is 0 Å². The van der Waals surface area contributed by atoms with Crippen molar-refractivity contribution in [1.82, 2.24) is 5.32 Å². The van der Waals surface area contributed by atoms with Gasteiger partial charge in [0.15, 0.2) is 0 Å². The molecule has 0 spiro atoms. The van der Waals surface area contributed by atoms with Gasteiger partial charge < -0.3 is 5.32 Å². The average molecular weight is 266 g/mol. The summed E-state index contributed by atoms with van der Waals surface area (Å²) in [6.07, 6.45) is 5.11. The lowest BCUT2D eigenvalue weighted by Gasteiger charge is -2.32. The molecule has 1 N–H and O–H groups in total. The standard InChI is InChI=1S/C16H24ClN/c1-4-14(12-7-9-13(17)10-8-12)18-15-6-5-11-16(15,2)3/h7-10,14-15,18H,4-6,11H2,1-3H3. The molecule has 0 aliphatic heterocycles. The van der Waals surface area contributed by atoms with Gasteiger partial charge in [-0.15, -0.1) is 0 Å². The number of hydrogen-bond donors (Lipinski definition) is 1. The predicted octanol–water partition coefficient (Wildman–Crippen LogP) is 4.96. The minimum absolute atomic E-state index is 0.430. The highest BCUT2D eigenvalue weighted by molar-refractivity contribution is 6.30. The second-order valence-electron chi connectivity index (χ2n) is 6.11. The molecule has 1 nitrogen and oxygen atoms in total. The van der Waals surface area contributed by atoms with Crippen molar-refractivity contribution in [3.63, 3.8) is 0 Å². The van der Waals surface area contributed by atoms with E-state index in [0.29, 0.717) is 17.5 Å². The zero-order valence-corrected chi connectivity index (χ0v) is 12.4. The van der Waals surface area contributed by atoms with Crippen LogP contribution in [-0.2, 0) is 0 Å². The Bertz CT molecular complexity index is 383. The molecule has 1 saturated carbocycles. The van der Waals surface area contributed by atoms with Crippen LogP contribution < -0.4 is 5.32 Å². The van der Waals surface area contributed by atoms with E-state index in [-0.39, 0.29) is 0 Å². The Kier molecular flexibility index (Phi) is 4.34. The van der Waals surface area contributed by atoms with Crippen LogP contribution in [0, 0.1) is 5.41 Å². The highest BCUT2D eigenvalue weighted by Crippen LogP contribution is 2.38. The summed E-state index contributed by atoms with van der Waals surface area (Å²) in [5.74, 6) is 0. The van der Waals surface area contributed by atoms with Gasteiger partial charge in [0.1, 0.15) is 0 Å². The van der Waals surface area contributed by atoms with Crippen LogP contribution in [0.5, 0.6) is 0 Å². The van der Waals surface area contributed by atoms with Crippen LogP contribution >= 0.6 is 11.6 Å². The van der Waals surface area contributed by atoms with Crippen molar-refractivity contribution in [2.45, 2.75) is 58.5 Å². The maximum absolute atomic E-state index is 5.95. The molecular formula is C16H24ClN. The van der Waals surface area contributed by atoms with E-state index in [4.69, 9.17) is 11.6 Å². The van der Waals surface area contributed by atoms with Gasteiger partial charge in [-0.1, -0.05) is 50.9 Å². The third-order valence-corrected chi connectivity index (χ3v) is 4.59. The van der Waals surface area contributed by atoms with Crippen LogP contribution in [0.2, 0.25) is 5.02 Å². The summed E-state index contributed by atoms with van der Waals surface area (Å²) in [4.78, 5) is 0. The quantitative estimate of drug-likeness (QED) is 0.811. The summed E-state index contributed by atoms with van der Waals surface area (Å²) in [6.45, 7) is 7.01. The molecule has 1 fully saturated rings. The first-order valence-electron chi connectivity index (χ1n) is 7.04. The fraction of sp³-hybridized carbons (Fsp3) is 0.625. The first-order chi connectivity index (χ1) is 8.53. The minimum Gasteiger partial charge on any atom is -0.307 e. The second-order valence-corrected chi connectivity index (χ2v) is 6.55. The average Bonchev–Trinajstić information content (AvgIpc) is 2.67. The number of nitrogens with one attached hydrogen (secondary N) is 1. The first-order valence-corrected chi connectivity index (χ1v) is 7.42. The van der Waals surface area contributed by atoms with Crippen molar-refractivity contribution in [2.75, 3.05) is 0 Å². The summed E-state index contributed by atoms with van der Waals surface area (Å²) in [7, 11) is 0. The Labute approximate surface area is 116 Å². The third-order valence-electron chi connectivity index (χ3n) is 4.34. The molecule has 2 heteroatoms. The van der Waals surface area contributed by atoms with E-state index in [1.54, 1.807) is 0 Å². The third kappa shape index (κ3) is 3.07. The molecule has 2 atom stereocenters. The van der Waals surface area contributed by atoms with Gasteiger partial charge in [0.05, 0.1) is 0 Å². The normalized spacial score (nSPS) is 24.1. The molecule has 1 aliphatic rings. The van der Waals surface area contributed by atoms with Gasteiger partial charge in [-0.05, 0) is 42.4 Å². The number of halogens is 1. The van der Waals surface area contributed by atoms with Gasteiger partial charge in [-0.3, -0.25) is 0 Å². The van der Waals surface area contributed by atoms with Gasteiger partial charge in [-0.25, -0.2) is 0 Å². The van der Waals surface area contributed by atoms with Crippen molar-refractivity contribution in [2.24, 2.45) is 5.41 Å². The summed E-state index contributed by atoms with van der Waals surface area (Å²) in [6, 6.07) is 9.35. The van der Waals surface area contributed by atoms with Crippen LogP contribution in [0.1, 0.15) is 58.1 Å². The Morgan fingerprint density at radius 1 is 1.33 bits per heavy atom. The molecule has 0 heterocycles. The molecule has 2 rings (SSSR count). The Hall–Kier alpha value is -0.530. The summed E-state index contributed by atoms with van der Waals surface area (Å²) < 4.78 is 0. The lowest BCUT2D eigenvalue weighted by Crippen LogP contribution is -2.39. The Balaban J connectivity index is 2.08. The van der Waals surface area contributed by atoms with E-state index in [1.807, 2.05) is 12.1 Å². The number of benzene rings is 1.